The van der Waals surface area contributed by atoms with Crippen molar-refractivity contribution in [1.29, 1.82) is 0 Å². The Labute approximate surface area is 117 Å². The Hall–Kier alpha value is -1.88. The Balaban J connectivity index is 1.70. The molecule has 0 radical (unpaired) electrons. The third-order valence-electron chi connectivity index (χ3n) is 3.38. The minimum absolute atomic E-state index is 0.185. The van der Waals surface area contributed by atoms with Gasteiger partial charge in [-0.05, 0) is 31.9 Å². The largest absolute Gasteiger partial charge is 0.465 e. The Morgan fingerprint density at radius 3 is 2.95 bits per heavy atom. The molecule has 0 bridgehead atoms. The van der Waals surface area contributed by atoms with Crippen molar-refractivity contribution in [3.8, 4) is 0 Å². The van der Waals surface area contributed by atoms with Gasteiger partial charge in [-0.3, -0.25) is 9.69 Å². The lowest BCUT2D eigenvalue weighted by molar-refractivity contribution is -0.144. The number of hydrogen-bond acceptors (Lipinski definition) is 5. The lowest BCUT2D eigenvalue weighted by Crippen LogP contribution is -2.32. The summed E-state index contributed by atoms with van der Waals surface area (Å²) in [6, 6.07) is 8.14. The van der Waals surface area contributed by atoms with Crippen LogP contribution in [-0.2, 0) is 16.1 Å². The van der Waals surface area contributed by atoms with Crippen LogP contribution < -0.4 is 0 Å². The monoisotopic (exact) mass is 274 g/mol. The van der Waals surface area contributed by atoms with E-state index in [-0.39, 0.29) is 5.97 Å². The first kappa shape index (κ1) is 13.1. The van der Waals surface area contributed by atoms with E-state index in [2.05, 4.69) is 9.88 Å². The van der Waals surface area contributed by atoms with Crippen molar-refractivity contribution >= 4 is 17.1 Å². The van der Waals surface area contributed by atoms with Crippen molar-refractivity contribution in [2.24, 2.45) is 0 Å². The molecular weight excluding hydrogens is 256 g/mol. The number of nitrogens with zero attached hydrogens (tertiary/aromatic N) is 2. The number of para-hydroxylation sites is 2. The van der Waals surface area contributed by atoms with Crippen molar-refractivity contribution in [2.75, 3.05) is 13.2 Å². The van der Waals surface area contributed by atoms with E-state index in [4.69, 9.17) is 9.15 Å². The smallest absolute Gasteiger partial charge is 0.320 e. The number of benzene rings is 1. The van der Waals surface area contributed by atoms with Crippen LogP contribution in [0.25, 0.3) is 11.1 Å². The highest BCUT2D eigenvalue weighted by Crippen LogP contribution is 2.28. The molecule has 1 aromatic carbocycles. The van der Waals surface area contributed by atoms with E-state index in [0.717, 1.165) is 23.9 Å². The molecule has 2 aromatic rings. The maximum Gasteiger partial charge on any atom is 0.320 e. The molecule has 106 valence electrons. The van der Waals surface area contributed by atoms with Crippen LogP contribution in [0.5, 0.6) is 0 Å². The highest BCUT2D eigenvalue weighted by Gasteiger charge is 2.31. The normalized spacial score (nSPS) is 14.9. The zero-order valence-corrected chi connectivity index (χ0v) is 11.5. The molecule has 0 saturated heterocycles. The zero-order valence-electron chi connectivity index (χ0n) is 11.5. The van der Waals surface area contributed by atoms with Crippen molar-refractivity contribution in [3.63, 3.8) is 0 Å². The first-order valence-corrected chi connectivity index (χ1v) is 7.00. The van der Waals surface area contributed by atoms with Crippen LogP contribution in [-0.4, -0.2) is 35.0 Å². The van der Waals surface area contributed by atoms with E-state index in [1.54, 1.807) is 0 Å². The molecule has 0 atom stereocenters. The maximum absolute atomic E-state index is 11.6. The Kier molecular flexibility index (Phi) is 3.69. The summed E-state index contributed by atoms with van der Waals surface area (Å²) in [6.45, 7) is 3.09. The second kappa shape index (κ2) is 5.63. The number of fused-ring (bicyclic) bond motifs is 1. The number of esters is 1. The Bertz CT molecular complexity index is 571. The average Bonchev–Trinajstić information content (AvgIpc) is 3.19. The molecule has 5 heteroatoms. The quantitative estimate of drug-likeness (QED) is 0.757. The average molecular weight is 274 g/mol. The van der Waals surface area contributed by atoms with Gasteiger partial charge in [0.05, 0.1) is 19.7 Å². The van der Waals surface area contributed by atoms with Crippen LogP contribution in [0.1, 0.15) is 25.7 Å². The van der Waals surface area contributed by atoms with Gasteiger partial charge in [0.1, 0.15) is 5.52 Å². The summed E-state index contributed by atoms with van der Waals surface area (Å²) < 4.78 is 10.7. The van der Waals surface area contributed by atoms with Gasteiger partial charge in [-0.25, -0.2) is 4.98 Å². The number of carbonyl (C=O) groups excluding carboxylic acids is 1. The molecule has 5 nitrogen and oxygen atoms in total. The molecule has 1 fully saturated rings. The summed E-state index contributed by atoms with van der Waals surface area (Å²) in [5, 5.41) is 0. The highest BCUT2D eigenvalue weighted by molar-refractivity contribution is 5.72. The number of rotatable bonds is 6. The summed E-state index contributed by atoms with van der Waals surface area (Å²) in [5.74, 6) is 0.470. The summed E-state index contributed by atoms with van der Waals surface area (Å²) in [5.41, 5.74) is 1.64. The fraction of sp³-hybridized carbons (Fsp3) is 0.467. The van der Waals surface area contributed by atoms with Gasteiger partial charge in [0.25, 0.3) is 0 Å². The number of oxazole rings is 1. The minimum Gasteiger partial charge on any atom is -0.465 e. The van der Waals surface area contributed by atoms with E-state index in [1.807, 2.05) is 31.2 Å². The lowest BCUT2D eigenvalue weighted by Gasteiger charge is -2.18. The minimum atomic E-state index is -0.185. The second-order valence-electron chi connectivity index (χ2n) is 5.02. The molecule has 1 aliphatic carbocycles. The molecule has 0 N–H and O–H groups in total. The van der Waals surface area contributed by atoms with E-state index >= 15 is 0 Å². The van der Waals surface area contributed by atoms with Crippen molar-refractivity contribution in [3.05, 3.63) is 30.2 Å². The van der Waals surface area contributed by atoms with E-state index in [9.17, 15) is 4.79 Å². The molecule has 0 spiro atoms. The molecule has 0 amide bonds. The third kappa shape index (κ3) is 2.99. The van der Waals surface area contributed by atoms with Crippen LogP contribution in [0.15, 0.2) is 28.7 Å². The SMILES string of the molecule is CCOC(=O)CN(Cc1nc2ccccc2o1)C1CC1. The highest BCUT2D eigenvalue weighted by atomic mass is 16.5. The maximum atomic E-state index is 11.6. The van der Waals surface area contributed by atoms with Gasteiger partial charge >= 0.3 is 5.97 Å². The van der Waals surface area contributed by atoms with Crippen LogP contribution in [0.2, 0.25) is 0 Å². The molecule has 1 saturated carbocycles. The standard InChI is InChI=1S/C15H18N2O3/c1-2-19-15(18)10-17(11-7-8-11)9-14-16-12-5-3-4-6-13(12)20-14/h3-6,11H,2,7-10H2,1H3. The van der Waals surface area contributed by atoms with Crippen molar-refractivity contribution in [2.45, 2.75) is 32.4 Å². The summed E-state index contributed by atoms with van der Waals surface area (Å²) >= 11 is 0. The molecule has 1 aliphatic rings. The molecule has 20 heavy (non-hydrogen) atoms. The van der Waals surface area contributed by atoms with E-state index < -0.39 is 0 Å². The van der Waals surface area contributed by atoms with E-state index in [0.29, 0.717) is 31.6 Å². The number of hydrogen-bond donors (Lipinski definition) is 0. The fourth-order valence-electron chi connectivity index (χ4n) is 2.29. The van der Waals surface area contributed by atoms with Crippen LogP contribution in [0, 0.1) is 0 Å². The number of aromatic nitrogens is 1. The lowest BCUT2D eigenvalue weighted by atomic mass is 10.3. The van der Waals surface area contributed by atoms with Gasteiger partial charge in [-0.15, -0.1) is 0 Å². The van der Waals surface area contributed by atoms with Gasteiger partial charge in [0, 0.05) is 6.04 Å². The summed E-state index contributed by atoms with van der Waals surface area (Å²) in [4.78, 5) is 18.2. The van der Waals surface area contributed by atoms with Crippen molar-refractivity contribution < 1.29 is 13.9 Å². The predicted molar refractivity (Wildman–Crippen MR) is 74.1 cm³/mol. The Morgan fingerprint density at radius 1 is 1.45 bits per heavy atom. The molecule has 3 rings (SSSR count). The van der Waals surface area contributed by atoms with Crippen LogP contribution >= 0.6 is 0 Å². The number of carbonyl (C=O) groups is 1. The molecule has 1 aromatic heterocycles. The third-order valence-corrected chi connectivity index (χ3v) is 3.38. The van der Waals surface area contributed by atoms with Gasteiger partial charge < -0.3 is 9.15 Å². The van der Waals surface area contributed by atoms with Crippen LogP contribution in [0.4, 0.5) is 0 Å². The van der Waals surface area contributed by atoms with Gasteiger partial charge in [-0.2, -0.15) is 0 Å². The summed E-state index contributed by atoms with van der Waals surface area (Å²) in [7, 11) is 0. The van der Waals surface area contributed by atoms with Crippen molar-refractivity contribution in [1.82, 2.24) is 9.88 Å². The number of ether oxygens (including phenoxy) is 1. The molecule has 0 unspecified atom stereocenters. The van der Waals surface area contributed by atoms with Gasteiger partial charge in [0.15, 0.2) is 5.58 Å². The second-order valence-corrected chi connectivity index (χ2v) is 5.02. The predicted octanol–water partition coefficient (Wildman–Crippen LogP) is 2.36. The molecule has 0 aliphatic heterocycles. The summed E-state index contributed by atoms with van der Waals surface area (Å²) in [6.07, 6.45) is 2.25. The fourth-order valence-corrected chi connectivity index (χ4v) is 2.29. The van der Waals surface area contributed by atoms with Gasteiger partial charge in [-0.1, -0.05) is 12.1 Å². The first-order chi connectivity index (χ1) is 9.76. The first-order valence-electron chi connectivity index (χ1n) is 7.00. The van der Waals surface area contributed by atoms with Crippen LogP contribution in [0.3, 0.4) is 0 Å². The zero-order chi connectivity index (χ0) is 13.9. The molecule has 1 heterocycles. The van der Waals surface area contributed by atoms with Gasteiger partial charge in [0.2, 0.25) is 5.89 Å². The van der Waals surface area contributed by atoms with E-state index in [1.165, 1.54) is 0 Å². The molecular formula is C15H18N2O3. The topological polar surface area (TPSA) is 55.6 Å². The Morgan fingerprint density at radius 2 is 2.25 bits per heavy atom.